The molecular formula is C17H27N5O2. The van der Waals surface area contributed by atoms with Crippen LogP contribution in [0.2, 0.25) is 0 Å². The van der Waals surface area contributed by atoms with Gasteiger partial charge < -0.3 is 15.1 Å². The van der Waals surface area contributed by atoms with Gasteiger partial charge in [0.2, 0.25) is 5.91 Å². The summed E-state index contributed by atoms with van der Waals surface area (Å²) in [5, 5.41) is 7.13. The highest BCUT2D eigenvalue weighted by molar-refractivity contribution is 5.80. The Morgan fingerprint density at radius 2 is 2.08 bits per heavy atom. The van der Waals surface area contributed by atoms with Crippen LogP contribution in [0.3, 0.4) is 0 Å². The molecule has 2 fully saturated rings. The highest BCUT2D eigenvalue weighted by Gasteiger charge is 2.28. The summed E-state index contributed by atoms with van der Waals surface area (Å²) in [6.45, 7) is 5.43. The van der Waals surface area contributed by atoms with E-state index in [-0.39, 0.29) is 17.4 Å². The minimum absolute atomic E-state index is 0.00425. The molecule has 1 amide bonds. The number of anilines is 1. The average molecular weight is 333 g/mol. The first-order chi connectivity index (χ1) is 11.6. The van der Waals surface area contributed by atoms with Gasteiger partial charge in [0.1, 0.15) is 0 Å². The van der Waals surface area contributed by atoms with Crippen LogP contribution in [0.25, 0.3) is 0 Å². The van der Waals surface area contributed by atoms with Crippen molar-refractivity contribution in [1.29, 1.82) is 0 Å². The molecule has 1 aromatic heterocycles. The quantitative estimate of drug-likeness (QED) is 0.834. The van der Waals surface area contributed by atoms with E-state index < -0.39 is 0 Å². The van der Waals surface area contributed by atoms with Crippen molar-refractivity contribution in [2.45, 2.75) is 25.7 Å². The van der Waals surface area contributed by atoms with E-state index in [1.165, 1.54) is 23.9 Å². The van der Waals surface area contributed by atoms with Crippen molar-refractivity contribution in [2.24, 2.45) is 13.0 Å². The van der Waals surface area contributed by atoms with Crippen LogP contribution in [0.5, 0.6) is 0 Å². The first kappa shape index (κ1) is 17.0. The van der Waals surface area contributed by atoms with E-state index in [2.05, 4.69) is 20.2 Å². The minimum Gasteiger partial charge on any atom is -0.369 e. The molecule has 2 aliphatic heterocycles. The lowest BCUT2D eigenvalue weighted by atomic mass is 10.1. The summed E-state index contributed by atoms with van der Waals surface area (Å²) in [4.78, 5) is 28.5. The van der Waals surface area contributed by atoms with Crippen LogP contribution in [0.15, 0.2) is 17.1 Å². The Morgan fingerprint density at radius 3 is 2.83 bits per heavy atom. The number of carbonyl (C=O) groups is 1. The van der Waals surface area contributed by atoms with Gasteiger partial charge in [-0.25, -0.2) is 4.68 Å². The van der Waals surface area contributed by atoms with Gasteiger partial charge in [0.25, 0.3) is 5.56 Å². The summed E-state index contributed by atoms with van der Waals surface area (Å²) >= 11 is 0. The lowest BCUT2D eigenvalue weighted by Crippen LogP contribution is -2.40. The number of piperidine rings is 1. The Morgan fingerprint density at radius 1 is 1.29 bits per heavy atom. The summed E-state index contributed by atoms with van der Waals surface area (Å²) in [6, 6.07) is 1.59. The molecule has 3 heterocycles. The molecule has 7 heteroatoms. The van der Waals surface area contributed by atoms with Gasteiger partial charge >= 0.3 is 0 Å². The predicted molar refractivity (Wildman–Crippen MR) is 93.1 cm³/mol. The molecule has 0 saturated carbocycles. The van der Waals surface area contributed by atoms with Crippen LogP contribution in [0.4, 0.5) is 5.69 Å². The molecule has 2 saturated heterocycles. The van der Waals surface area contributed by atoms with Crippen LogP contribution in [-0.2, 0) is 11.8 Å². The minimum atomic E-state index is -0.123. The molecule has 7 nitrogen and oxygen atoms in total. The van der Waals surface area contributed by atoms with Gasteiger partial charge in [-0.2, -0.15) is 5.10 Å². The molecule has 0 radical (unpaired) electrons. The van der Waals surface area contributed by atoms with E-state index in [1.807, 2.05) is 0 Å². The fraction of sp³-hybridized carbons (Fsp3) is 0.706. The molecule has 0 aliphatic carbocycles. The normalized spacial score (nSPS) is 21.9. The van der Waals surface area contributed by atoms with Gasteiger partial charge in [-0.1, -0.05) is 6.42 Å². The lowest BCUT2D eigenvalue weighted by Gasteiger charge is -2.26. The zero-order valence-corrected chi connectivity index (χ0v) is 14.4. The molecule has 0 bridgehead atoms. The molecule has 1 unspecified atom stereocenters. The first-order valence-electron chi connectivity index (χ1n) is 8.92. The molecule has 1 aromatic rings. The first-order valence-corrected chi connectivity index (χ1v) is 8.92. The van der Waals surface area contributed by atoms with E-state index in [0.29, 0.717) is 6.54 Å². The number of aryl methyl sites for hydroxylation is 1. The predicted octanol–water partition coefficient (Wildman–Crippen LogP) is 0.209. The monoisotopic (exact) mass is 333 g/mol. The van der Waals surface area contributed by atoms with E-state index in [9.17, 15) is 9.59 Å². The fourth-order valence-corrected chi connectivity index (χ4v) is 3.51. The van der Waals surface area contributed by atoms with Gasteiger partial charge in [-0.05, 0) is 32.4 Å². The standard InChI is InChI=1S/C17H27N5O2/c1-20-16(23)11-15(12-19-20)22-9-5-14(13-22)17(24)18-6-10-21-7-3-2-4-8-21/h11-12,14H,2-10,13H2,1H3,(H,18,24). The van der Waals surface area contributed by atoms with Gasteiger partial charge in [-0.3, -0.25) is 9.59 Å². The van der Waals surface area contributed by atoms with Crippen molar-refractivity contribution in [2.75, 3.05) is 44.2 Å². The fourth-order valence-electron chi connectivity index (χ4n) is 3.51. The maximum absolute atomic E-state index is 12.3. The SMILES string of the molecule is Cn1ncc(N2CCC(C(=O)NCCN3CCCCC3)C2)cc1=O. The number of hydrogen-bond acceptors (Lipinski definition) is 5. The van der Waals surface area contributed by atoms with Gasteiger partial charge in [0, 0.05) is 39.3 Å². The van der Waals surface area contributed by atoms with Crippen LogP contribution < -0.4 is 15.8 Å². The van der Waals surface area contributed by atoms with Crippen molar-refractivity contribution >= 4 is 11.6 Å². The number of amides is 1. The molecule has 1 N–H and O–H groups in total. The van der Waals surface area contributed by atoms with E-state index in [1.54, 1.807) is 19.3 Å². The number of likely N-dealkylation sites (tertiary alicyclic amines) is 1. The zero-order chi connectivity index (χ0) is 16.9. The number of carbonyl (C=O) groups excluding carboxylic acids is 1. The van der Waals surface area contributed by atoms with Gasteiger partial charge in [-0.15, -0.1) is 0 Å². The highest BCUT2D eigenvalue weighted by Crippen LogP contribution is 2.22. The third-order valence-electron chi connectivity index (χ3n) is 5.05. The number of rotatable bonds is 5. The summed E-state index contributed by atoms with van der Waals surface area (Å²) in [5.74, 6) is 0.127. The average Bonchev–Trinajstić information content (AvgIpc) is 3.08. The Labute approximate surface area is 142 Å². The van der Waals surface area contributed by atoms with Crippen molar-refractivity contribution in [3.8, 4) is 0 Å². The maximum Gasteiger partial charge on any atom is 0.268 e. The smallest absolute Gasteiger partial charge is 0.268 e. The number of aromatic nitrogens is 2. The van der Waals surface area contributed by atoms with Crippen molar-refractivity contribution in [3.05, 3.63) is 22.6 Å². The van der Waals surface area contributed by atoms with Crippen LogP contribution in [0, 0.1) is 5.92 Å². The van der Waals surface area contributed by atoms with Crippen LogP contribution >= 0.6 is 0 Å². The highest BCUT2D eigenvalue weighted by atomic mass is 16.2. The Balaban J connectivity index is 1.45. The Bertz CT molecular complexity index is 624. The summed E-state index contributed by atoms with van der Waals surface area (Å²) in [5.41, 5.74) is 0.684. The van der Waals surface area contributed by atoms with E-state index in [0.717, 1.165) is 44.8 Å². The molecule has 1 atom stereocenters. The van der Waals surface area contributed by atoms with Gasteiger partial charge in [0.15, 0.2) is 0 Å². The van der Waals surface area contributed by atoms with Crippen molar-refractivity contribution < 1.29 is 4.79 Å². The molecule has 3 rings (SSSR count). The number of hydrogen-bond donors (Lipinski definition) is 1. The second-order valence-corrected chi connectivity index (χ2v) is 6.80. The number of nitrogens with zero attached hydrogens (tertiary/aromatic N) is 4. The topological polar surface area (TPSA) is 70.5 Å². The lowest BCUT2D eigenvalue weighted by molar-refractivity contribution is -0.124. The second-order valence-electron chi connectivity index (χ2n) is 6.80. The Hall–Kier alpha value is -1.89. The van der Waals surface area contributed by atoms with E-state index >= 15 is 0 Å². The maximum atomic E-state index is 12.3. The van der Waals surface area contributed by atoms with Crippen LogP contribution in [0.1, 0.15) is 25.7 Å². The van der Waals surface area contributed by atoms with Crippen molar-refractivity contribution in [3.63, 3.8) is 0 Å². The zero-order valence-electron chi connectivity index (χ0n) is 14.4. The molecule has 24 heavy (non-hydrogen) atoms. The molecule has 132 valence electrons. The van der Waals surface area contributed by atoms with Crippen LogP contribution in [-0.4, -0.2) is 59.9 Å². The summed E-state index contributed by atoms with van der Waals surface area (Å²) < 4.78 is 1.31. The molecular weight excluding hydrogens is 306 g/mol. The van der Waals surface area contributed by atoms with Gasteiger partial charge in [0.05, 0.1) is 17.8 Å². The molecule has 2 aliphatic rings. The van der Waals surface area contributed by atoms with Crippen molar-refractivity contribution in [1.82, 2.24) is 20.0 Å². The van der Waals surface area contributed by atoms with E-state index in [4.69, 9.17) is 0 Å². The second kappa shape index (κ2) is 7.79. The number of nitrogens with one attached hydrogen (secondary N) is 1. The summed E-state index contributed by atoms with van der Waals surface area (Å²) in [6.07, 6.45) is 6.40. The molecule has 0 spiro atoms. The summed E-state index contributed by atoms with van der Waals surface area (Å²) in [7, 11) is 1.63. The largest absolute Gasteiger partial charge is 0.369 e. The third kappa shape index (κ3) is 4.14. The molecule has 0 aromatic carbocycles. The third-order valence-corrected chi connectivity index (χ3v) is 5.05. The Kier molecular flexibility index (Phi) is 5.50.